The predicted molar refractivity (Wildman–Crippen MR) is 85.9 cm³/mol. The van der Waals surface area contributed by atoms with Gasteiger partial charge in [0.2, 0.25) is 0 Å². The maximum atomic E-state index is 3.88. The Kier molecular flexibility index (Phi) is 4.35. The Hall–Kier alpha value is -2.08. The Morgan fingerprint density at radius 1 is 1.21 bits per heavy atom. The van der Waals surface area contributed by atoms with Crippen LogP contribution in [0, 0.1) is 6.92 Å². The van der Waals surface area contributed by atoms with Crippen molar-refractivity contribution in [3.8, 4) is 0 Å². The van der Waals surface area contributed by atoms with Crippen molar-refractivity contribution in [2.45, 2.75) is 20.3 Å². The van der Waals surface area contributed by atoms with E-state index in [-0.39, 0.29) is 0 Å². The van der Waals surface area contributed by atoms with Crippen molar-refractivity contribution >= 4 is 11.1 Å². The van der Waals surface area contributed by atoms with Crippen molar-refractivity contribution < 1.29 is 0 Å². The number of allylic oxidation sites excluding steroid dienone is 9. The molecule has 2 rings (SSSR count). The van der Waals surface area contributed by atoms with E-state index in [2.05, 4.69) is 68.2 Å². The normalized spacial score (nSPS) is 15.1. The molecule has 0 saturated heterocycles. The van der Waals surface area contributed by atoms with Gasteiger partial charge in [-0.1, -0.05) is 61.2 Å². The van der Waals surface area contributed by atoms with Crippen LogP contribution in [0.25, 0.3) is 11.1 Å². The molecule has 0 atom stereocenters. The fourth-order valence-corrected chi connectivity index (χ4v) is 2.33. The number of hydrogen-bond acceptors (Lipinski definition) is 0. The van der Waals surface area contributed by atoms with Gasteiger partial charge in [-0.3, -0.25) is 0 Å². The number of benzene rings is 1. The summed E-state index contributed by atoms with van der Waals surface area (Å²) in [6.07, 6.45) is 15.7. The number of aryl methyl sites for hydroxylation is 1. The highest BCUT2D eigenvalue weighted by Gasteiger charge is 2.07. The number of hydrogen-bond donors (Lipinski definition) is 0. The van der Waals surface area contributed by atoms with Gasteiger partial charge < -0.3 is 0 Å². The maximum absolute atomic E-state index is 3.88. The topological polar surface area (TPSA) is 0 Å². The largest absolute Gasteiger partial charge is 0.0985 e. The second kappa shape index (κ2) is 6.19. The summed E-state index contributed by atoms with van der Waals surface area (Å²) in [5, 5.41) is 0. The third-order valence-corrected chi connectivity index (χ3v) is 3.44. The summed E-state index contributed by atoms with van der Waals surface area (Å²) in [6, 6.07) is 6.63. The molecule has 0 radical (unpaired) electrons. The van der Waals surface area contributed by atoms with Crippen LogP contribution in [0.3, 0.4) is 0 Å². The molecule has 0 bridgehead atoms. The van der Waals surface area contributed by atoms with E-state index in [0.717, 1.165) is 6.42 Å². The summed E-state index contributed by atoms with van der Waals surface area (Å²) in [5.74, 6) is 0. The van der Waals surface area contributed by atoms with E-state index in [0.29, 0.717) is 0 Å². The molecule has 0 N–H and O–H groups in total. The average molecular weight is 248 g/mol. The molecule has 0 spiro atoms. The van der Waals surface area contributed by atoms with Gasteiger partial charge in [-0.25, -0.2) is 0 Å². The molecule has 0 heterocycles. The molecule has 0 fully saturated rings. The first kappa shape index (κ1) is 13.4. The molecular formula is C19H20. The van der Waals surface area contributed by atoms with Crippen LogP contribution in [-0.4, -0.2) is 0 Å². The van der Waals surface area contributed by atoms with Gasteiger partial charge in [0.25, 0.3) is 0 Å². The first-order chi connectivity index (χ1) is 9.26. The minimum Gasteiger partial charge on any atom is -0.0985 e. The van der Waals surface area contributed by atoms with E-state index in [9.17, 15) is 0 Å². The van der Waals surface area contributed by atoms with Crippen LogP contribution in [0.4, 0.5) is 0 Å². The summed E-state index contributed by atoms with van der Waals surface area (Å²) < 4.78 is 0. The molecule has 19 heavy (non-hydrogen) atoms. The summed E-state index contributed by atoms with van der Waals surface area (Å²) >= 11 is 0. The van der Waals surface area contributed by atoms with E-state index >= 15 is 0 Å². The van der Waals surface area contributed by atoms with E-state index < -0.39 is 0 Å². The molecule has 1 aliphatic carbocycles. The van der Waals surface area contributed by atoms with Crippen LogP contribution in [-0.2, 0) is 0 Å². The van der Waals surface area contributed by atoms with Crippen molar-refractivity contribution in [3.63, 3.8) is 0 Å². The van der Waals surface area contributed by atoms with E-state index in [1.165, 1.54) is 27.8 Å². The lowest BCUT2D eigenvalue weighted by Gasteiger charge is -2.12. The first-order valence-corrected chi connectivity index (χ1v) is 6.68. The monoisotopic (exact) mass is 248 g/mol. The first-order valence-electron chi connectivity index (χ1n) is 6.68. The highest BCUT2D eigenvalue weighted by Crippen LogP contribution is 2.27. The van der Waals surface area contributed by atoms with Crippen LogP contribution < -0.4 is 0 Å². The van der Waals surface area contributed by atoms with Crippen molar-refractivity contribution in [2.75, 3.05) is 0 Å². The SMILES string of the molecule is C=C/C(=C\C)c1ccc(C)c(C2=CC=CC=CC2)c1. The quantitative estimate of drug-likeness (QED) is 0.621. The zero-order valence-corrected chi connectivity index (χ0v) is 11.7. The van der Waals surface area contributed by atoms with Crippen LogP contribution in [0.15, 0.2) is 67.3 Å². The highest BCUT2D eigenvalue weighted by molar-refractivity contribution is 5.78. The lowest BCUT2D eigenvalue weighted by Crippen LogP contribution is -1.91. The molecular weight excluding hydrogens is 228 g/mol. The Balaban J connectivity index is 2.48. The second-order valence-electron chi connectivity index (χ2n) is 4.69. The average Bonchev–Trinajstić information content (AvgIpc) is 2.71. The van der Waals surface area contributed by atoms with Gasteiger partial charge in [0.15, 0.2) is 0 Å². The predicted octanol–water partition coefficient (Wildman–Crippen LogP) is 5.48. The molecule has 1 aromatic carbocycles. The molecule has 0 unspecified atom stereocenters. The zero-order valence-electron chi connectivity index (χ0n) is 11.7. The molecule has 0 nitrogen and oxygen atoms in total. The summed E-state index contributed by atoms with van der Waals surface area (Å²) in [4.78, 5) is 0. The molecule has 0 aromatic heterocycles. The third-order valence-electron chi connectivity index (χ3n) is 3.44. The molecule has 96 valence electrons. The van der Waals surface area contributed by atoms with E-state index in [1.807, 2.05) is 13.0 Å². The lowest BCUT2D eigenvalue weighted by molar-refractivity contribution is 1.33. The highest BCUT2D eigenvalue weighted by atomic mass is 14.1. The van der Waals surface area contributed by atoms with Crippen LogP contribution in [0.2, 0.25) is 0 Å². The smallest absolute Gasteiger partial charge is 0.00883 e. The van der Waals surface area contributed by atoms with Crippen molar-refractivity contribution in [1.82, 2.24) is 0 Å². The standard InChI is InChI=1S/C19H20/c1-4-16(5-2)18-13-12-15(3)19(14-18)17-10-8-6-7-9-11-17/h4-10,12-14H,1,11H2,2-3H3/b16-5+. The molecule has 1 aliphatic rings. The van der Waals surface area contributed by atoms with Crippen LogP contribution in [0.5, 0.6) is 0 Å². The summed E-state index contributed by atoms with van der Waals surface area (Å²) in [6.45, 7) is 8.10. The van der Waals surface area contributed by atoms with Gasteiger partial charge >= 0.3 is 0 Å². The fraction of sp³-hybridized carbons (Fsp3) is 0.158. The van der Waals surface area contributed by atoms with Crippen molar-refractivity contribution in [3.05, 3.63) is 84.0 Å². The zero-order chi connectivity index (χ0) is 13.7. The molecule has 0 amide bonds. The van der Waals surface area contributed by atoms with Gasteiger partial charge in [0.1, 0.15) is 0 Å². The minimum absolute atomic E-state index is 0.983. The van der Waals surface area contributed by atoms with Gasteiger partial charge in [-0.2, -0.15) is 0 Å². The summed E-state index contributed by atoms with van der Waals surface area (Å²) in [5.41, 5.74) is 6.43. The van der Waals surface area contributed by atoms with Crippen molar-refractivity contribution in [2.24, 2.45) is 0 Å². The molecule has 1 aromatic rings. The second-order valence-corrected chi connectivity index (χ2v) is 4.69. The summed E-state index contributed by atoms with van der Waals surface area (Å²) in [7, 11) is 0. The molecule has 0 aliphatic heterocycles. The lowest BCUT2D eigenvalue weighted by atomic mass is 9.93. The Bertz CT molecular complexity index is 592. The van der Waals surface area contributed by atoms with Gasteiger partial charge in [-0.05, 0) is 54.2 Å². The maximum Gasteiger partial charge on any atom is -0.00883 e. The minimum atomic E-state index is 0.983. The van der Waals surface area contributed by atoms with Gasteiger partial charge in [0, 0.05) is 0 Å². The van der Waals surface area contributed by atoms with Gasteiger partial charge in [0.05, 0.1) is 0 Å². The molecule has 0 heteroatoms. The van der Waals surface area contributed by atoms with E-state index in [4.69, 9.17) is 0 Å². The fourth-order valence-electron chi connectivity index (χ4n) is 2.33. The Morgan fingerprint density at radius 2 is 2.05 bits per heavy atom. The van der Waals surface area contributed by atoms with Crippen LogP contribution >= 0.6 is 0 Å². The van der Waals surface area contributed by atoms with Crippen molar-refractivity contribution in [1.29, 1.82) is 0 Å². The number of rotatable bonds is 3. The van der Waals surface area contributed by atoms with E-state index in [1.54, 1.807) is 0 Å². The molecule has 0 saturated carbocycles. The van der Waals surface area contributed by atoms with Crippen LogP contribution in [0.1, 0.15) is 30.0 Å². The van der Waals surface area contributed by atoms with Gasteiger partial charge in [-0.15, -0.1) is 0 Å². The Labute approximate surface area is 116 Å². The Morgan fingerprint density at radius 3 is 2.79 bits per heavy atom. The third kappa shape index (κ3) is 3.03.